The number of fused-ring (bicyclic) bond motifs is 1. The summed E-state index contributed by atoms with van der Waals surface area (Å²) in [5.74, 6) is -0.403. The maximum absolute atomic E-state index is 13.6. The first kappa shape index (κ1) is 22.9. The minimum Gasteiger partial charge on any atom is -0.481 e. The molecule has 4 aromatic rings. The average molecular weight is 493 g/mol. The number of likely N-dealkylation sites (tertiary alicyclic amines) is 1. The molecule has 4 N–H and O–H groups in total. The Morgan fingerprint density at radius 1 is 1.26 bits per heavy atom. The van der Waals surface area contributed by atoms with Gasteiger partial charge in [-0.3, -0.25) is 14.7 Å². The number of piperidine rings is 1. The third kappa shape index (κ3) is 4.59. The molecule has 1 aliphatic rings. The Morgan fingerprint density at radius 3 is 2.91 bits per heavy atom. The molecule has 0 radical (unpaired) electrons. The van der Waals surface area contributed by atoms with E-state index in [0.717, 1.165) is 16.5 Å². The second kappa shape index (κ2) is 9.42. The number of amides is 2. The summed E-state index contributed by atoms with van der Waals surface area (Å²) in [6, 6.07) is 11.4. The van der Waals surface area contributed by atoms with E-state index in [2.05, 4.69) is 38.4 Å². The van der Waals surface area contributed by atoms with E-state index in [9.17, 15) is 9.59 Å². The summed E-state index contributed by atoms with van der Waals surface area (Å²) < 4.78 is 5.18. The van der Waals surface area contributed by atoms with Crippen molar-refractivity contribution >= 4 is 34.3 Å². The van der Waals surface area contributed by atoms with Crippen LogP contribution in [0.25, 0.3) is 22.2 Å². The quantitative estimate of drug-likeness (QED) is 0.379. The zero-order valence-corrected chi connectivity index (χ0v) is 19.9. The fraction of sp³-hybridized carbons (Fsp3) is 0.280. The average Bonchev–Trinajstić information content (AvgIpc) is 3.53. The van der Waals surface area contributed by atoms with Gasteiger partial charge in [-0.2, -0.15) is 5.10 Å². The summed E-state index contributed by atoms with van der Waals surface area (Å²) in [5.41, 5.74) is 9.22. The number of rotatable bonds is 6. The Hall–Kier alpha value is -3.85. The molecule has 0 aliphatic carbocycles. The van der Waals surface area contributed by atoms with Gasteiger partial charge < -0.3 is 20.4 Å². The number of ether oxygens (including phenoxy) is 1. The predicted octanol–water partition coefficient (Wildman–Crippen LogP) is 3.56. The van der Waals surface area contributed by atoms with Gasteiger partial charge in [-0.15, -0.1) is 0 Å². The van der Waals surface area contributed by atoms with Gasteiger partial charge in [0, 0.05) is 41.8 Å². The van der Waals surface area contributed by atoms with Crippen LogP contribution < -0.4 is 10.5 Å². The molecule has 180 valence electrons. The lowest BCUT2D eigenvalue weighted by molar-refractivity contribution is -0.123. The molecular formula is C25H25ClN6O3. The molecule has 35 heavy (non-hydrogen) atoms. The fourth-order valence-electron chi connectivity index (χ4n) is 4.72. The van der Waals surface area contributed by atoms with Gasteiger partial charge >= 0.3 is 0 Å². The van der Waals surface area contributed by atoms with Gasteiger partial charge in [0.05, 0.1) is 24.0 Å². The molecule has 2 unspecified atom stereocenters. The highest BCUT2D eigenvalue weighted by molar-refractivity contribution is 6.33. The van der Waals surface area contributed by atoms with Gasteiger partial charge in [0.1, 0.15) is 0 Å². The normalized spacial score (nSPS) is 18.1. The molecule has 4 heterocycles. The number of methoxy groups -OCH3 is 1. The molecule has 0 bridgehead atoms. The van der Waals surface area contributed by atoms with Gasteiger partial charge in [0.25, 0.3) is 5.91 Å². The second-order valence-corrected chi connectivity index (χ2v) is 9.16. The summed E-state index contributed by atoms with van der Waals surface area (Å²) in [6.45, 7) is 0.424. The number of nitrogens with one attached hydrogen (secondary N) is 2. The molecular weight excluding hydrogens is 468 g/mol. The van der Waals surface area contributed by atoms with E-state index in [1.165, 1.54) is 13.3 Å². The third-order valence-electron chi connectivity index (χ3n) is 6.60. The molecule has 2 atom stereocenters. The number of aromatic nitrogens is 4. The number of aromatic amines is 2. The SMILES string of the molecule is COc1cc(-c2cc(C(=O)N3CCC(C(N)=O)CC3Cc3ccc4cc[nH]c4c3)n[nH]2)c(Cl)cn1. The first-order valence-electron chi connectivity index (χ1n) is 11.3. The smallest absolute Gasteiger partial charge is 0.274 e. The molecule has 1 fully saturated rings. The van der Waals surface area contributed by atoms with Crippen molar-refractivity contribution < 1.29 is 14.3 Å². The predicted molar refractivity (Wildman–Crippen MR) is 132 cm³/mol. The number of carbonyl (C=O) groups is 2. The van der Waals surface area contributed by atoms with Gasteiger partial charge in [0.2, 0.25) is 11.8 Å². The van der Waals surface area contributed by atoms with Crippen molar-refractivity contribution in [3.8, 4) is 17.1 Å². The second-order valence-electron chi connectivity index (χ2n) is 8.75. The summed E-state index contributed by atoms with van der Waals surface area (Å²) in [4.78, 5) is 34.6. The van der Waals surface area contributed by atoms with E-state index in [1.807, 2.05) is 12.3 Å². The van der Waals surface area contributed by atoms with Crippen LogP contribution in [0.1, 0.15) is 28.9 Å². The van der Waals surface area contributed by atoms with Crippen LogP contribution in [0.3, 0.4) is 0 Å². The van der Waals surface area contributed by atoms with Crippen molar-refractivity contribution in [2.24, 2.45) is 11.7 Å². The van der Waals surface area contributed by atoms with Gasteiger partial charge in [-0.1, -0.05) is 23.7 Å². The number of hydrogen-bond acceptors (Lipinski definition) is 5. The lowest BCUT2D eigenvalue weighted by Crippen LogP contribution is -2.49. The lowest BCUT2D eigenvalue weighted by atomic mass is 9.86. The van der Waals surface area contributed by atoms with Crippen molar-refractivity contribution in [1.29, 1.82) is 0 Å². The standard InChI is InChI=1S/C25H25ClN6O3/c1-35-23-11-18(19(26)13-29-23)21-12-22(31-30-21)25(34)32-7-5-16(24(27)33)10-17(32)8-14-2-3-15-4-6-28-20(15)9-14/h2-4,6,9,11-13,16-17,28H,5,7-8,10H2,1H3,(H2,27,33)(H,30,31). The molecule has 1 aliphatic heterocycles. The molecule has 0 spiro atoms. The van der Waals surface area contributed by atoms with Crippen molar-refractivity contribution in [3.63, 3.8) is 0 Å². The number of hydrogen-bond donors (Lipinski definition) is 3. The Labute approximate surface area is 206 Å². The zero-order valence-electron chi connectivity index (χ0n) is 19.1. The molecule has 3 aromatic heterocycles. The highest BCUT2D eigenvalue weighted by Gasteiger charge is 2.35. The number of nitrogens with zero attached hydrogens (tertiary/aromatic N) is 3. The van der Waals surface area contributed by atoms with E-state index < -0.39 is 0 Å². The minimum absolute atomic E-state index is 0.189. The van der Waals surface area contributed by atoms with Crippen molar-refractivity contribution in [2.75, 3.05) is 13.7 Å². The molecule has 1 aromatic carbocycles. The third-order valence-corrected chi connectivity index (χ3v) is 6.90. The van der Waals surface area contributed by atoms with Gasteiger partial charge in [-0.25, -0.2) is 4.98 Å². The Kier molecular flexibility index (Phi) is 6.17. The Bertz CT molecular complexity index is 1400. The molecule has 5 rings (SSSR count). The number of pyridine rings is 1. The molecule has 9 nitrogen and oxygen atoms in total. The number of carbonyl (C=O) groups excluding carboxylic acids is 2. The van der Waals surface area contributed by atoms with Crippen molar-refractivity contribution in [3.05, 3.63) is 65.1 Å². The van der Waals surface area contributed by atoms with E-state index >= 15 is 0 Å². The Balaban J connectivity index is 1.41. The number of halogens is 1. The van der Waals surface area contributed by atoms with E-state index in [4.69, 9.17) is 22.1 Å². The van der Waals surface area contributed by atoms with Crippen LogP contribution in [0.2, 0.25) is 5.02 Å². The Morgan fingerprint density at radius 2 is 2.11 bits per heavy atom. The van der Waals surface area contributed by atoms with E-state index in [-0.39, 0.29) is 29.5 Å². The maximum atomic E-state index is 13.6. The van der Waals surface area contributed by atoms with Gasteiger partial charge in [-0.05, 0) is 48.4 Å². The summed E-state index contributed by atoms with van der Waals surface area (Å²) in [7, 11) is 1.52. The van der Waals surface area contributed by atoms with Gasteiger partial charge in [0.15, 0.2) is 5.69 Å². The topological polar surface area (TPSA) is 130 Å². The number of nitrogens with two attached hydrogens (primary N) is 1. The number of primary amides is 1. The van der Waals surface area contributed by atoms with Crippen LogP contribution in [0.4, 0.5) is 0 Å². The van der Waals surface area contributed by atoms with Crippen LogP contribution in [0, 0.1) is 5.92 Å². The summed E-state index contributed by atoms with van der Waals surface area (Å²) >= 11 is 6.31. The number of benzene rings is 1. The highest BCUT2D eigenvalue weighted by Crippen LogP contribution is 2.31. The monoisotopic (exact) mass is 492 g/mol. The maximum Gasteiger partial charge on any atom is 0.274 e. The molecule has 1 saturated heterocycles. The molecule has 2 amide bonds. The number of H-pyrrole nitrogens is 2. The van der Waals surface area contributed by atoms with E-state index in [0.29, 0.717) is 48.0 Å². The summed E-state index contributed by atoms with van der Waals surface area (Å²) in [6.07, 6.45) is 5.03. The first-order valence-corrected chi connectivity index (χ1v) is 11.7. The van der Waals surface area contributed by atoms with Crippen molar-refractivity contribution in [1.82, 2.24) is 25.1 Å². The molecule has 0 saturated carbocycles. The van der Waals surface area contributed by atoms with Crippen LogP contribution >= 0.6 is 11.6 Å². The van der Waals surface area contributed by atoms with E-state index in [1.54, 1.807) is 17.0 Å². The zero-order chi connectivity index (χ0) is 24.5. The van der Waals surface area contributed by atoms with Crippen molar-refractivity contribution in [2.45, 2.75) is 25.3 Å². The fourth-order valence-corrected chi connectivity index (χ4v) is 4.92. The first-order chi connectivity index (χ1) is 16.9. The van der Waals surface area contributed by atoms with Crippen LogP contribution in [0.5, 0.6) is 5.88 Å². The lowest BCUT2D eigenvalue weighted by Gasteiger charge is -2.38. The van der Waals surface area contributed by atoms with Crippen LogP contribution in [-0.2, 0) is 11.2 Å². The summed E-state index contributed by atoms with van der Waals surface area (Å²) in [5, 5.41) is 8.69. The highest BCUT2D eigenvalue weighted by atomic mass is 35.5. The largest absolute Gasteiger partial charge is 0.481 e. The van der Waals surface area contributed by atoms with Crippen LogP contribution in [0.15, 0.2) is 48.8 Å². The molecule has 10 heteroatoms. The van der Waals surface area contributed by atoms with Crippen LogP contribution in [-0.4, -0.2) is 56.6 Å². The minimum atomic E-state index is -0.328.